The molecule has 0 amide bonds. The van der Waals surface area contributed by atoms with Crippen LogP contribution in [0.1, 0.15) is 70.4 Å². The second kappa shape index (κ2) is 9.37. The van der Waals surface area contributed by atoms with Gasteiger partial charge in [0.1, 0.15) is 6.61 Å². The third-order valence-corrected chi connectivity index (χ3v) is 9.51. The van der Waals surface area contributed by atoms with E-state index >= 15 is 0 Å². The number of hydrogen-bond donors (Lipinski definition) is 1. The maximum Gasteiger partial charge on any atom is 0.339 e. The minimum absolute atomic E-state index is 0.0979. The third kappa shape index (κ3) is 4.32. The number of carboxylic acids is 1. The molecule has 0 unspecified atom stereocenters. The normalized spacial score (nSPS) is 25.1. The zero-order valence-corrected chi connectivity index (χ0v) is 21.9. The van der Waals surface area contributed by atoms with Gasteiger partial charge in [-0.3, -0.25) is 0 Å². The van der Waals surface area contributed by atoms with Gasteiger partial charge in [-0.15, -0.1) is 0 Å². The van der Waals surface area contributed by atoms with Crippen LogP contribution in [-0.2, 0) is 16.8 Å². The number of benzene rings is 4. The van der Waals surface area contributed by atoms with Gasteiger partial charge in [0.05, 0.1) is 11.1 Å². The molecule has 196 valence electrons. The molecule has 39 heavy (non-hydrogen) atoms. The second-order valence-corrected chi connectivity index (χ2v) is 12.1. The minimum Gasteiger partial charge on any atom is -0.478 e. The summed E-state index contributed by atoms with van der Waals surface area (Å²) < 4.78 is 5.62. The summed E-state index contributed by atoms with van der Waals surface area (Å²) in [5, 5.41) is 12.2. The number of hydrogen-bond acceptors (Lipinski definition) is 3. The molecule has 0 heterocycles. The van der Waals surface area contributed by atoms with Gasteiger partial charge in [-0.05, 0) is 107 Å². The van der Waals surface area contributed by atoms with Gasteiger partial charge in [-0.1, -0.05) is 66.7 Å². The van der Waals surface area contributed by atoms with E-state index in [4.69, 9.17) is 4.74 Å². The van der Waals surface area contributed by atoms with Crippen molar-refractivity contribution in [3.8, 4) is 11.1 Å². The lowest BCUT2D eigenvalue weighted by molar-refractivity contribution is -0.00513. The average molecular weight is 517 g/mol. The van der Waals surface area contributed by atoms with E-state index in [0.29, 0.717) is 5.56 Å². The van der Waals surface area contributed by atoms with Crippen LogP contribution in [0.2, 0.25) is 0 Å². The second-order valence-electron chi connectivity index (χ2n) is 12.1. The van der Waals surface area contributed by atoms with Crippen molar-refractivity contribution in [2.24, 2.45) is 17.8 Å². The van der Waals surface area contributed by atoms with Crippen LogP contribution in [0.15, 0.2) is 84.9 Å². The fraction of sp³-hybridized carbons (Fsp3) is 0.314. The summed E-state index contributed by atoms with van der Waals surface area (Å²) >= 11 is 0. The Morgan fingerprint density at radius 2 is 1.41 bits per heavy atom. The summed E-state index contributed by atoms with van der Waals surface area (Å²) in [6.07, 6.45) is 8.11. The molecule has 4 aliphatic rings. The van der Waals surface area contributed by atoms with Crippen LogP contribution >= 0.6 is 0 Å². The molecule has 0 radical (unpaired) electrons. The quantitative estimate of drug-likeness (QED) is 0.264. The van der Waals surface area contributed by atoms with Crippen molar-refractivity contribution in [3.05, 3.63) is 107 Å². The summed E-state index contributed by atoms with van der Waals surface area (Å²) in [6.45, 7) is 0.128. The SMILES string of the molecule is O=C(O)c1cccc(C(=O)OCc2ccccc2)c1-c1ccc2ccc(C34CC5CC(CC(C5)C3)C4)cc2c1. The molecule has 4 fully saturated rings. The van der Waals surface area contributed by atoms with E-state index in [-0.39, 0.29) is 23.1 Å². The van der Waals surface area contributed by atoms with Crippen LogP contribution in [0.4, 0.5) is 0 Å². The monoisotopic (exact) mass is 516 g/mol. The van der Waals surface area contributed by atoms with E-state index in [1.54, 1.807) is 18.2 Å². The molecule has 8 rings (SSSR count). The zero-order valence-electron chi connectivity index (χ0n) is 21.9. The fourth-order valence-corrected chi connectivity index (χ4v) is 8.21. The molecule has 4 aromatic rings. The Hall–Kier alpha value is -3.92. The highest BCUT2D eigenvalue weighted by molar-refractivity contribution is 6.06. The largest absolute Gasteiger partial charge is 0.478 e. The fourth-order valence-electron chi connectivity index (χ4n) is 8.21. The molecule has 4 nitrogen and oxygen atoms in total. The molecule has 0 aromatic heterocycles. The van der Waals surface area contributed by atoms with Gasteiger partial charge in [-0.2, -0.15) is 0 Å². The molecule has 4 aliphatic carbocycles. The highest BCUT2D eigenvalue weighted by Gasteiger charge is 2.51. The Morgan fingerprint density at radius 1 is 0.744 bits per heavy atom. The van der Waals surface area contributed by atoms with Gasteiger partial charge in [-0.25, -0.2) is 9.59 Å². The van der Waals surface area contributed by atoms with Crippen LogP contribution in [0, 0.1) is 17.8 Å². The lowest BCUT2D eigenvalue weighted by Gasteiger charge is -2.57. The highest BCUT2D eigenvalue weighted by atomic mass is 16.5. The maximum absolute atomic E-state index is 13.2. The summed E-state index contributed by atoms with van der Waals surface area (Å²) in [7, 11) is 0. The van der Waals surface area contributed by atoms with Gasteiger partial charge in [0, 0.05) is 5.56 Å². The Kier molecular flexibility index (Phi) is 5.80. The predicted molar refractivity (Wildman–Crippen MR) is 152 cm³/mol. The van der Waals surface area contributed by atoms with E-state index in [0.717, 1.165) is 39.7 Å². The molecule has 0 aliphatic heterocycles. The van der Waals surface area contributed by atoms with Gasteiger partial charge >= 0.3 is 11.9 Å². The van der Waals surface area contributed by atoms with E-state index in [1.165, 1.54) is 44.1 Å². The highest BCUT2D eigenvalue weighted by Crippen LogP contribution is 2.60. The molecular weight excluding hydrogens is 484 g/mol. The van der Waals surface area contributed by atoms with Crippen molar-refractivity contribution < 1.29 is 19.4 Å². The standard InChI is InChI=1S/C35H32O4/c36-33(37)30-7-4-8-31(34(38)39-21-22-5-2-1-3-6-22)32(30)27-10-9-26-11-12-29(17-28(26)16-27)35-18-23-13-24(19-35)15-25(14-23)20-35/h1-12,16-17,23-25H,13-15,18-21H2,(H,36,37). The number of ether oxygens (including phenoxy) is 1. The van der Waals surface area contributed by atoms with Crippen LogP contribution in [0.3, 0.4) is 0 Å². The number of aromatic carboxylic acids is 1. The molecule has 1 N–H and O–H groups in total. The number of carbonyl (C=O) groups is 2. The van der Waals surface area contributed by atoms with E-state index < -0.39 is 11.9 Å². The maximum atomic E-state index is 13.2. The number of carbonyl (C=O) groups excluding carboxylic acids is 1. The smallest absolute Gasteiger partial charge is 0.339 e. The van der Waals surface area contributed by atoms with E-state index in [9.17, 15) is 14.7 Å². The summed E-state index contributed by atoms with van der Waals surface area (Å²) in [6, 6.07) is 27.2. The Balaban J connectivity index is 1.27. The lowest BCUT2D eigenvalue weighted by Crippen LogP contribution is -2.48. The zero-order chi connectivity index (χ0) is 26.6. The molecule has 0 spiro atoms. The summed E-state index contributed by atoms with van der Waals surface area (Å²) in [4.78, 5) is 25.5. The van der Waals surface area contributed by atoms with Crippen molar-refractivity contribution in [3.63, 3.8) is 0 Å². The van der Waals surface area contributed by atoms with Crippen LogP contribution in [0.5, 0.6) is 0 Å². The minimum atomic E-state index is -1.06. The molecule has 4 aromatic carbocycles. The van der Waals surface area contributed by atoms with E-state index in [2.05, 4.69) is 24.3 Å². The first-order valence-electron chi connectivity index (χ1n) is 14.1. The molecule has 4 saturated carbocycles. The van der Waals surface area contributed by atoms with Crippen molar-refractivity contribution in [2.45, 2.75) is 50.5 Å². The summed E-state index contributed by atoms with van der Waals surface area (Å²) in [5.41, 5.74) is 4.08. The van der Waals surface area contributed by atoms with Crippen molar-refractivity contribution in [1.29, 1.82) is 0 Å². The first-order valence-corrected chi connectivity index (χ1v) is 14.1. The first kappa shape index (κ1) is 24.1. The summed E-state index contributed by atoms with van der Waals surface area (Å²) in [5.74, 6) is 1.00. The number of rotatable bonds is 6. The number of carboxylic acid groups (broad SMARTS) is 1. The van der Waals surface area contributed by atoms with Gasteiger partial charge < -0.3 is 9.84 Å². The van der Waals surface area contributed by atoms with E-state index in [1.807, 2.05) is 42.5 Å². The first-order chi connectivity index (χ1) is 19.0. The predicted octanol–water partition coefficient (Wildman–Crippen LogP) is 8.03. The third-order valence-electron chi connectivity index (χ3n) is 9.51. The van der Waals surface area contributed by atoms with Gasteiger partial charge in [0.25, 0.3) is 0 Å². The topological polar surface area (TPSA) is 63.6 Å². The Bertz CT molecular complexity index is 1550. The average Bonchev–Trinajstić information content (AvgIpc) is 2.94. The molecule has 0 atom stereocenters. The van der Waals surface area contributed by atoms with Crippen LogP contribution in [0.25, 0.3) is 21.9 Å². The molecule has 4 bridgehead atoms. The molecule has 4 heteroatoms. The Morgan fingerprint density at radius 3 is 2.10 bits per heavy atom. The Labute approximate surface area is 228 Å². The van der Waals surface area contributed by atoms with Crippen molar-refractivity contribution >= 4 is 22.7 Å². The number of fused-ring (bicyclic) bond motifs is 1. The van der Waals surface area contributed by atoms with Crippen molar-refractivity contribution in [1.82, 2.24) is 0 Å². The number of esters is 1. The van der Waals surface area contributed by atoms with Crippen LogP contribution in [-0.4, -0.2) is 17.0 Å². The molecule has 0 saturated heterocycles. The van der Waals surface area contributed by atoms with Gasteiger partial charge in [0.2, 0.25) is 0 Å². The lowest BCUT2D eigenvalue weighted by atomic mass is 9.48. The van der Waals surface area contributed by atoms with Crippen LogP contribution < -0.4 is 0 Å². The van der Waals surface area contributed by atoms with Crippen molar-refractivity contribution in [2.75, 3.05) is 0 Å². The van der Waals surface area contributed by atoms with Gasteiger partial charge in [0.15, 0.2) is 0 Å². The molecular formula is C35H32O4.